The van der Waals surface area contributed by atoms with Crippen molar-refractivity contribution in [2.24, 2.45) is 5.92 Å². The topological polar surface area (TPSA) is 69.9 Å². The van der Waals surface area contributed by atoms with Crippen molar-refractivity contribution in [3.63, 3.8) is 0 Å². The minimum atomic E-state index is -0.958. The summed E-state index contributed by atoms with van der Waals surface area (Å²) in [5.41, 5.74) is 0. The predicted molar refractivity (Wildman–Crippen MR) is 47.2 cm³/mol. The molecular weight excluding hydrogens is 172 g/mol. The van der Waals surface area contributed by atoms with Crippen LogP contribution in [0.15, 0.2) is 0 Å². The molecule has 1 saturated heterocycles. The van der Waals surface area contributed by atoms with Crippen LogP contribution in [0.4, 0.5) is 0 Å². The van der Waals surface area contributed by atoms with Crippen molar-refractivity contribution in [2.45, 2.75) is 44.7 Å². The first-order chi connectivity index (χ1) is 6.06. The lowest BCUT2D eigenvalue weighted by Gasteiger charge is -2.38. The molecule has 4 heteroatoms. The molecule has 1 fully saturated rings. The summed E-state index contributed by atoms with van der Waals surface area (Å²) in [5.74, 6) is 0.288. The fraction of sp³-hybridized carbons (Fsp3) is 1.00. The van der Waals surface area contributed by atoms with E-state index in [1.807, 2.05) is 13.8 Å². The molecule has 0 spiro atoms. The lowest BCUT2D eigenvalue weighted by Crippen LogP contribution is -2.51. The van der Waals surface area contributed by atoms with Crippen LogP contribution in [0.3, 0.4) is 0 Å². The fourth-order valence-corrected chi connectivity index (χ4v) is 1.57. The van der Waals surface area contributed by atoms with Gasteiger partial charge in [-0.3, -0.25) is 0 Å². The van der Waals surface area contributed by atoms with Crippen LogP contribution in [0.25, 0.3) is 0 Å². The molecule has 0 radical (unpaired) electrons. The van der Waals surface area contributed by atoms with E-state index < -0.39 is 18.3 Å². The van der Waals surface area contributed by atoms with E-state index in [4.69, 9.17) is 9.84 Å². The third kappa shape index (κ3) is 2.40. The van der Waals surface area contributed by atoms with Gasteiger partial charge in [-0.25, -0.2) is 0 Å². The Hall–Kier alpha value is -0.160. The van der Waals surface area contributed by atoms with Gasteiger partial charge in [0.2, 0.25) is 0 Å². The molecule has 4 nitrogen and oxygen atoms in total. The molecule has 0 aromatic carbocycles. The van der Waals surface area contributed by atoms with E-state index in [0.29, 0.717) is 6.42 Å². The molecule has 1 aliphatic heterocycles. The molecule has 1 aliphatic rings. The maximum Gasteiger partial charge on any atom is 0.109 e. The van der Waals surface area contributed by atoms with Crippen molar-refractivity contribution < 1.29 is 20.1 Å². The van der Waals surface area contributed by atoms with Gasteiger partial charge in [-0.1, -0.05) is 13.8 Å². The zero-order valence-corrected chi connectivity index (χ0v) is 8.05. The number of rotatable bonds is 2. The second kappa shape index (κ2) is 4.37. The van der Waals surface area contributed by atoms with E-state index in [-0.39, 0.29) is 18.6 Å². The van der Waals surface area contributed by atoms with Gasteiger partial charge in [-0.15, -0.1) is 0 Å². The first-order valence-electron chi connectivity index (χ1n) is 4.68. The smallest absolute Gasteiger partial charge is 0.109 e. The lowest BCUT2D eigenvalue weighted by atomic mass is 9.92. The van der Waals surface area contributed by atoms with Crippen LogP contribution in [0, 0.1) is 5.92 Å². The van der Waals surface area contributed by atoms with Crippen molar-refractivity contribution in [2.75, 3.05) is 6.61 Å². The van der Waals surface area contributed by atoms with Gasteiger partial charge in [0.05, 0.1) is 18.8 Å². The molecule has 1 heterocycles. The van der Waals surface area contributed by atoms with Gasteiger partial charge in [-0.2, -0.15) is 0 Å². The van der Waals surface area contributed by atoms with Crippen molar-refractivity contribution in [3.8, 4) is 0 Å². The van der Waals surface area contributed by atoms with Crippen LogP contribution in [0.1, 0.15) is 20.3 Å². The van der Waals surface area contributed by atoms with Crippen molar-refractivity contribution in [1.29, 1.82) is 0 Å². The standard InChI is InChI=1S/C9H18O4/c1-5(2)7-3-6(11)9(12)8(4-10)13-7/h5-12H,3-4H2,1-2H3/t6-,7-,8?,9-/m1/s1. The zero-order chi connectivity index (χ0) is 10.0. The van der Waals surface area contributed by atoms with Gasteiger partial charge < -0.3 is 20.1 Å². The summed E-state index contributed by atoms with van der Waals surface area (Å²) < 4.78 is 5.42. The molecule has 3 N–H and O–H groups in total. The highest BCUT2D eigenvalue weighted by atomic mass is 16.5. The highest BCUT2D eigenvalue weighted by Crippen LogP contribution is 2.24. The predicted octanol–water partition coefficient (Wildman–Crippen LogP) is -0.486. The molecule has 0 aromatic heterocycles. The number of hydrogen-bond acceptors (Lipinski definition) is 4. The molecule has 0 aromatic rings. The molecule has 1 rings (SSSR count). The SMILES string of the molecule is CC(C)[C@H]1C[C@@H](O)[C@@H](O)C(CO)O1. The molecule has 0 amide bonds. The third-order valence-electron chi connectivity index (χ3n) is 2.52. The maximum atomic E-state index is 9.46. The molecule has 0 saturated carbocycles. The molecule has 4 atom stereocenters. The van der Waals surface area contributed by atoms with E-state index in [1.54, 1.807) is 0 Å². The Morgan fingerprint density at radius 3 is 2.46 bits per heavy atom. The Labute approximate surface area is 78.1 Å². The highest BCUT2D eigenvalue weighted by molar-refractivity contribution is 4.85. The second-order valence-electron chi connectivity index (χ2n) is 3.93. The number of hydrogen-bond donors (Lipinski definition) is 3. The van der Waals surface area contributed by atoms with Gasteiger partial charge in [0.1, 0.15) is 12.2 Å². The average Bonchev–Trinajstić information content (AvgIpc) is 2.09. The van der Waals surface area contributed by atoms with Gasteiger partial charge in [0, 0.05) is 6.42 Å². The molecule has 0 aliphatic carbocycles. The van der Waals surface area contributed by atoms with E-state index in [9.17, 15) is 10.2 Å². The fourth-order valence-electron chi connectivity index (χ4n) is 1.57. The number of aliphatic hydroxyl groups is 3. The summed E-state index contributed by atoms with van der Waals surface area (Å²) in [7, 11) is 0. The number of ether oxygens (including phenoxy) is 1. The highest BCUT2D eigenvalue weighted by Gasteiger charge is 2.37. The van der Waals surface area contributed by atoms with E-state index in [2.05, 4.69) is 0 Å². The summed E-state index contributed by atoms with van der Waals surface area (Å²) in [6, 6.07) is 0. The van der Waals surface area contributed by atoms with Crippen LogP contribution in [-0.2, 0) is 4.74 Å². The van der Waals surface area contributed by atoms with Crippen molar-refractivity contribution in [1.82, 2.24) is 0 Å². The largest absolute Gasteiger partial charge is 0.394 e. The summed E-state index contributed by atoms with van der Waals surface area (Å²) in [5, 5.41) is 27.7. The molecule has 0 bridgehead atoms. The van der Waals surface area contributed by atoms with Gasteiger partial charge in [0.25, 0.3) is 0 Å². The second-order valence-corrected chi connectivity index (χ2v) is 3.93. The number of aliphatic hydroxyl groups excluding tert-OH is 3. The Kier molecular flexibility index (Phi) is 3.67. The Morgan fingerprint density at radius 2 is 2.00 bits per heavy atom. The van der Waals surface area contributed by atoms with Gasteiger partial charge in [0.15, 0.2) is 0 Å². The summed E-state index contributed by atoms with van der Waals surface area (Å²) in [4.78, 5) is 0. The van der Waals surface area contributed by atoms with E-state index >= 15 is 0 Å². The van der Waals surface area contributed by atoms with Crippen LogP contribution < -0.4 is 0 Å². The first kappa shape index (κ1) is 10.9. The molecular formula is C9H18O4. The summed E-state index contributed by atoms with van der Waals surface area (Å²) in [6.45, 7) is 3.73. The summed E-state index contributed by atoms with van der Waals surface area (Å²) in [6.07, 6.45) is -2.01. The average molecular weight is 190 g/mol. The van der Waals surface area contributed by atoms with Crippen molar-refractivity contribution in [3.05, 3.63) is 0 Å². The Balaban J connectivity index is 2.58. The minimum Gasteiger partial charge on any atom is -0.394 e. The van der Waals surface area contributed by atoms with Crippen LogP contribution in [0.5, 0.6) is 0 Å². The van der Waals surface area contributed by atoms with Crippen LogP contribution in [0.2, 0.25) is 0 Å². The maximum absolute atomic E-state index is 9.46. The van der Waals surface area contributed by atoms with Gasteiger partial charge in [-0.05, 0) is 5.92 Å². The van der Waals surface area contributed by atoms with E-state index in [1.165, 1.54) is 0 Å². The quantitative estimate of drug-likeness (QED) is 0.550. The molecule has 78 valence electrons. The Morgan fingerprint density at radius 1 is 1.38 bits per heavy atom. The zero-order valence-electron chi connectivity index (χ0n) is 8.05. The van der Waals surface area contributed by atoms with Gasteiger partial charge >= 0.3 is 0 Å². The third-order valence-corrected chi connectivity index (χ3v) is 2.52. The molecule has 1 unspecified atom stereocenters. The molecule has 13 heavy (non-hydrogen) atoms. The van der Waals surface area contributed by atoms with Crippen molar-refractivity contribution >= 4 is 0 Å². The first-order valence-corrected chi connectivity index (χ1v) is 4.68. The lowest BCUT2D eigenvalue weighted by molar-refractivity contribution is -0.189. The van der Waals surface area contributed by atoms with Crippen LogP contribution in [-0.4, -0.2) is 46.3 Å². The van der Waals surface area contributed by atoms with Crippen LogP contribution >= 0.6 is 0 Å². The summed E-state index contributed by atoms with van der Waals surface area (Å²) >= 11 is 0. The normalized spacial score (nSPS) is 41.1. The Bertz CT molecular complexity index is 160. The monoisotopic (exact) mass is 190 g/mol. The van der Waals surface area contributed by atoms with E-state index in [0.717, 1.165) is 0 Å². The minimum absolute atomic E-state index is 0.0736.